The highest BCUT2D eigenvalue weighted by atomic mass is 35.5. The SMILES string of the molecule is CCc1onc(C)c1C(=O)NC1CCN(C)C1c1ccc(Cl)cc1. The molecule has 1 aromatic carbocycles. The third-order valence-electron chi connectivity index (χ3n) is 4.66. The van der Waals surface area contributed by atoms with Crippen molar-refractivity contribution in [2.24, 2.45) is 0 Å². The van der Waals surface area contributed by atoms with Crippen LogP contribution in [0.3, 0.4) is 0 Å². The molecule has 0 radical (unpaired) electrons. The summed E-state index contributed by atoms with van der Waals surface area (Å²) in [6.45, 7) is 4.69. The monoisotopic (exact) mass is 347 g/mol. The highest BCUT2D eigenvalue weighted by Crippen LogP contribution is 2.32. The molecule has 3 rings (SSSR count). The molecule has 2 unspecified atom stereocenters. The van der Waals surface area contributed by atoms with Crippen LogP contribution in [0.5, 0.6) is 0 Å². The Morgan fingerprint density at radius 3 is 2.79 bits per heavy atom. The summed E-state index contributed by atoms with van der Waals surface area (Å²) in [5.41, 5.74) is 2.36. The van der Waals surface area contributed by atoms with Crippen molar-refractivity contribution >= 4 is 17.5 Å². The molecule has 0 aliphatic carbocycles. The van der Waals surface area contributed by atoms with E-state index in [9.17, 15) is 4.79 Å². The largest absolute Gasteiger partial charge is 0.360 e. The Bertz CT molecular complexity index is 726. The van der Waals surface area contributed by atoms with Gasteiger partial charge in [0.25, 0.3) is 5.91 Å². The summed E-state index contributed by atoms with van der Waals surface area (Å²) in [7, 11) is 2.08. The number of rotatable bonds is 4. The lowest BCUT2D eigenvalue weighted by Crippen LogP contribution is -2.39. The van der Waals surface area contributed by atoms with E-state index in [0.717, 1.165) is 18.5 Å². The van der Waals surface area contributed by atoms with Crippen molar-refractivity contribution in [2.75, 3.05) is 13.6 Å². The maximum atomic E-state index is 12.7. The predicted molar refractivity (Wildman–Crippen MR) is 93.3 cm³/mol. The van der Waals surface area contributed by atoms with Crippen molar-refractivity contribution in [3.63, 3.8) is 0 Å². The molecular weight excluding hydrogens is 326 g/mol. The second-order valence-electron chi connectivity index (χ2n) is 6.27. The maximum Gasteiger partial charge on any atom is 0.257 e. The van der Waals surface area contributed by atoms with Gasteiger partial charge in [0.1, 0.15) is 11.3 Å². The Hall–Kier alpha value is -1.85. The fourth-order valence-corrected chi connectivity index (χ4v) is 3.56. The van der Waals surface area contributed by atoms with Crippen LogP contribution < -0.4 is 5.32 Å². The number of amides is 1. The Labute approximate surface area is 147 Å². The Morgan fingerprint density at radius 1 is 1.42 bits per heavy atom. The van der Waals surface area contributed by atoms with Crippen LogP contribution in [0.25, 0.3) is 0 Å². The summed E-state index contributed by atoms with van der Waals surface area (Å²) in [5.74, 6) is 0.532. The van der Waals surface area contributed by atoms with Crippen molar-refractivity contribution in [1.82, 2.24) is 15.4 Å². The number of likely N-dealkylation sites (N-methyl/N-ethyl adjacent to an activating group) is 1. The van der Waals surface area contributed by atoms with Gasteiger partial charge in [0.2, 0.25) is 0 Å². The number of benzene rings is 1. The van der Waals surface area contributed by atoms with E-state index in [1.807, 2.05) is 31.2 Å². The third-order valence-corrected chi connectivity index (χ3v) is 4.91. The number of hydrogen-bond acceptors (Lipinski definition) is 4. The van der Waals surface area contributed by atoms with Crippen LogP contribution in [0, 0.1) is 6.92 Å². The number of carbonyl (C=O) groups is 1. The summed E-state index contributed by atoms with van der Waals surface area (Å²) in [6, 6.07) is 8.01. The average Bonchev–Trinajstić information content (AvgIpc) is 3.11. The fourth-order valence-electron chi connectivity index (χ4n) is 3.43. The predicted octanol–water partition coefficient (Wildman–Crippen LogP) is 3.37. The van der Waals surface area contributed by atoms with Gasteiger partial charge in [-0.2, -0.15) is 0 Å². The molecule has 1 N–H and O–H groups in total. The molecule has 24 heavy (non-hydrogen) atoms. The molecule has 1 fully saturated rings. The lowest BCUT2D eigenvalue weighted by molar-refractivity contribution is 0.0925. The van der Waals surface area contributed by atoms with E-state index in [0.29, 0.717) is 28.5 Å². The number of nitrogens with zero attached hydrogens (tertiary/aromatic N) is 2. The third kappa shape index (κ3) is 3.19. The van der Waals surface area contributed by atoms with Gasteiger partial charge in [0.15, 0.2) is 0 Å². The van der Waals surface area contributed by atoms with Gasteiger partial charge in [-0.25, -0.2) is 0 Å². The van der Waals surface area contributed by atoms with Gasteiger partial charge < -0.3 is 9.84 Å². The van der Waals surface area contributed by atoms with Crippen LogP contribution in [0.4, 0.5) is 0 Å². The molecule has 0 saturated carbocycles. The minimum atomic E-state index is -0.107. The molecule has 1 aliphatic rings. The lowest BCUT2D eigenvalue weighted by atomic mass is 9.99. The Balaban J connectivity index is 1.81. The van der Waals surface area contributed by atoms with Crippen molar-refractivity contribution < 1.29 is 9.32 Å². The summed E-state index contributed by atoms with van der Waals surface area (Å²) < 4.78 is 5.24. The number of halogens is 1. The molecule has 5 nitrogen and oxygen atoms in total. The smallest absolute Gasteiger partial charge is 0.257 e. The first-order chi connectivity index (χ1) is 11.5. The van der Waals surface area contributed by atoms with Crippen LogP contribution in [0.1, 0.15) is 46.8 Å². The zero-order valence-corrected chi connectivity index (χ0v) is 14.9. The van der Waals surface area contributed by atoms with Crippen LogP contribution in [-0.2, 0) is 6.42 Å². The molecular formula is C18H22ClN3O2. The van der Waals surface area contributed by atoms with Gasteiger partial charge >= 0.3 is 0 Å². The fraction of sp³-hybridized carbons (Fsp3) is 0.444. The van der Waals surface area contributed by atoms with Crippen molar-refractivity contribution in [3.05, 3.63) is 51.9 Å². The first kappa shape index (κ1) is 17.0. The van der Waals surface area contributed by atoms with Gasteiger partial charge in [-0.1, -0.05) is 35.8 Å². The van der Waals surface area contributed by atoms with Crippen molar-refractivity contribution in [2.45, 2.75) is 38.8 Å². The average molecular weight is 348 g/mol. The number of aromatic nitrogens is 1. The van der Waals surface area contributed by atoms with Gasteiger partial charge in [-0.15, -0.1) is 0 Å². The van der Waals surface area contributed by atoms with Crippen LogP contribution in [0.2, 0.25) is 5.02 Å². The van der Waals surface area contributed by atoms with Crippen LogP contribution in [0.15, 0.2) is 28.8 Å². The molecule has 2 atom stereocenters. The molecule has 1 aliphatic heterocycles. The second-order valence-corrected chi connectivity index (χ2v) is 6.70. The quantitative estimate of drug-likeness (QED) is 0.921. The molecule has 2 heterocycles. The zero-order valence-electron chi connectivity index (χ0n) is 14.2. The number of carbonyl (C=O) groups excluding carboxylic acids is 1. The first-order valence-corrected chi connectivity index (χ1v) is 8.60. The van der Waals surface area contributed by atoms with E-state index >= 15 is 0 Å². The number of aryl methyl sites for hydroxylation is 2. The summed E-state index contributed by atoms with van der Waals surface area (Å²) in [5, 5.41) is 7.82. The molecule has 2 aromatic rings. The normalized spacial score (nSPS) is 21.2. The second kappa shape index (κ2) is 6.95. The van der Waals surface area contributed by atoms with Crippen molar-refractivity contribution in [1.29, 1.82) is 0 Å². The highest BCUT2D eigenvalue weighted by Gasteiger charge is 2.35. The van der Waals surface area contributed by atoms with Crippen molar-refractivity contribution in [3.8, 4) is 0 Å². The van der Waals surface area contributed by atoms with Gasteiger partial charge in [0.05, 0.1) is 17.8 Å². The molecule has 0 spiro atoms. The summed E-state index contributed by atoms with van der Waals surface area (Å²) in [4.78, 5) is 15.0. The Morgan fingerprint density at radius 2 is 2.12 bits per heavy atom. The summed E-state index contributed by atoms with van der Waals surface area (Å²) >= 11 is 5.99. The topological polar surface area (TPSA) is 58.4 Å². The molecule has 6 heteroatoms. The molecule has 1 saturated heterocycles. The Kier molecular flexibility index (Phi) is 4.92. The number of nitrogens with one attached hydrogen (secondary N) is 1. The molecule has 1 aromatic heterocycles. The van der Waals surface area contributed by atoms with Gasteiger partial charge in [-0.05, 0) is 38.1 Å². The van der Waals surface area contributed by atoms with Crippen LogP contribution >= 0.6 is 11.6 Å². The van der Waals surface area contributed by atoms with E-state index in [-0.39, 0.29) is 18.0 Å². The zero-order chi connectivity index (χ0) is 17.3. The standard InChI is InChI=1S/C18H22ClN3O2/c1-4-15-16(11(2)21-24-15)18(23)20-14-9-10-22(3)17(14)12-5-7-13(19)8-6-12/h5-8,14,17H,4,9-10H2,1-3H3,(H,20,23). The molecule has 1 amide bonds. The number of likely N-dealkylation sites (tertiary alicyclic amines) is 1. The van der Waals surface area contributed by atoms with E-state index in [1.165, 1.54) is 0 Å². The summed E-state index contributed by atoms with van der Waals surface area (Å²) in [6.07, 6.45) is 1.55. The highest BCUT2D eigenvalue weighted by molar-refractivity contribution is 6.30. The minimum absolute atomic E-state index is 0.0441. The first-order valence-electron chi connectivity index (χ1n) is 8.23. The maximum absolute atomic E-state index is 12.7. The van der Waals surface area contributed by atoms with E-state index < -0.39 is 0 Å². The van der Waals surface area contributed by atoms with E-state index in [1.54, 1.807) is 6.92 Å². The van der Waals surface area contributed by atoms with E-state index in [4.69, 9.17) is 16.1 Å². The van der Waals surface area contributed by atoms with Gasteiger partial charge in [-0.3, -0.25) is 9.69 Å². The molecule has 0 bridgehead atoms. The number of hydrogen-bond donors (Lipinski definition) is 1. The molecule has 128 valence electrons. The lowest BCUT2D eigenvalue weighted by Gasteiger charge is -2.26. The van der Waals surface area contributed by atoms with Gasteiger partial charge in [0, 0.05) is 18.0 Å². The van der Waals surface area contributed by atoms with Crippen LogP contribution in [-0.4, -0.2) is 35.6 Å². The minimum Gasteiger partial charge on any atom is -0.360 e. The van der Waals surface area contributed by atoms with E-state index in [2.05, 4.69) is 22.4 Å².